The number of likely N-dealkylation sites (tertiary alicyclic amines) is 1. The molecule has 4 rings (SSSR count). The van der Waals surface area contributed by atoms with Crippen molar-refractivity contribution in [2.45, 2.75) is 58.2 Å². The quantitative estimate of drug-likeness (QED) is 0.327. The number of aromatic nitrogens is 1. The van der Waals surface area contributed by atoms with E-state index in [1.54, 1.807) is 11.1 Å². The summed E-state index contributed by atoms with van der Waals surface area (Å²) in [7, 11) is 0. The van der Waals surface area contributed by atoms with Crippen LogP contribution in [0.4, 0.5) is 16.2 Å². The molecule has 0 radical (unpaired) electrons. The van der Waals surface area contributed by atoms with Crippen LogP contribution in [0.3, 0.4) is 0 Å². The second kappa shape index (κ2) is 11.7. The van der Waals surface area contributed by atoms with Crippen molar-refractivity contribution < 1.29 is 19.0 Å². The smallest absolute Gasteiger partial charge is 0.410 e. The standard InChI is InChI=1S/C27H36BrClN4O4/c1-17(23-22(5-8-31-25(23)29)32-11-13-35-14-12-32)36-24-20(28)15-19(16-21(24)30)18-6-9-33(10-7-18)26(34)37-27(2,3)4/h5,8,15-18H,6-7,9-14,30H2,1-4H3. The van der Waals surface area contributed by atoms with E-state index in [2.05, 4.69) is 31.9 Å². The zero-order valence-corrected chi connectivity index (χ0v) is 24.3. The van der Waals surface area contributed by atoms with Crippen molar-refractivity contribution in [3.63, 3.8) is 0 Å². The number of benzene rings is 1. The first-order valence-corrected chi connectivity index (χ1v) is 13.9. The van der Waals surface area contributed by atoms with Crippen LogP contribution < -0.4 is 15.4 Å². The van der Waals surface area contributed by atoms with Crippen molar-refractivity contribution in [2.24, 2.45) is 0 Å². The average Bonchev–Trinajstić information content (AvgIpc) is 2.85. The van der Waals surface area contributed by atoms with Crippen molar-refractivity contribution >= 4 is 45.0 Å². The SMILES string of the molecule is CC(Oc1c(N)cc(C2CCN(C(=O)OC(C)(C)C)CC2)cc1Br)c1c(N2CCOCC2)ccnc1Cl. The molecule has 1 aromatic heterocycles. The fraction of sp³-hybridized carbons (Fsp3) is 0.556. The Morgan fingerprint density at radius 3 is 2.51 bits per heavy atom. The number of anilines is 2. The molecule has 2 aliphatic heterocycles. The number of nitrogens with two attached hydrogens (primary N) is 1. The summed E-state index contributed by atoms with van der Waals surface area (Å²) in [6.45, 7) is 11.8. The number of halogens is 2. The van der Waals surface area contributed by atoms with Gasteiger partial charge in [-0.2, -0.15) is 0 Å². The molecule has 2 aromatic rings. The molecule has 2 aliphatic rings. The summed E-state index contributed by atoms with van der Waals surface area (Å²) in [6.07, 6.45) is 2.78. The number of carbonyl (C=O) groups is 1. The highest BCUT2D eigenvalue weighted by atomic mass is 79.9. The minimum absolute atomic E-state index is 0.255. The third kappa shape index (κ3) is 6.81. The number of nitrogen functional groups attached to an aromatic ring is 1. The van der Waals surface area contributed by atoms with Gasteiger partial charge < -0.3 is 29.7 Å². The fourth-order valence-corrected chi connectivity index (χ4v) is 5.74. The predicted molar refractivity (Wildman–Crippen MR) is 150 cm³/mol. The zero-order chi connectivity index (χ0) is 26.7. The van der Waals surface area contributed by atoms with Crippen molar-refractivity contribution in [1.29, 1.82) is 0 Å². The molecular formula is C27H36BrClN4O4. The number of ether oxygens (including phenoxy) is 3. The highest BCUT2D eigenvalue weighted by molar-refractivity contribution is 9.10. The van der Waals surface area contributed by atoms with Crippen LogP contribution in [0.2, 0.25) is 5.15 Å². The van der Waals surface area contributed by atoms with E-state index in [9.17, 15) is 4.79 Å². The van der Waals surface area contributed by atoms with Crippen molar-refractivity contribution in [3.05, 3.63) is 45.1 Å². The van der Waals surface area contributed by atoms with Gasteiger partial charge in [0.1, 0.15) is 16.9 Å². The van der Waals surface area contributed by atoms with E-state index in [0.717, 1.165) is 47.2 Å². The highest BCUT2D eigenvalue weighted by Crippen LogP contribution is 2.42. The zero-order valence-electron chi connectivity index (χ0n) is 21.9. The maximum atomic E-state index is 12.4. The van der Waals surface area contributed by atoms with Crippen LogP contribution in [0.5, 0.6) is 5.75 Å². The van der Waals surface area contributed by atoms with E-state index in [-0.39, 0.29) is 12.2 Å². The van der Waals surface area contributed by atoms with Crippen LogP contribution in [-0.4, -0.2) is 61.0 Å². The van der Waals surface area contributed by atoms with Gasteiger partial charge in [0.15, 0.2) is 5.75 Å². The maximum Gasteiger partial charge on any atom is 0.410 e. The van der Waals surface area contributed by atoms with Gasteiger partial charge in [-0.05, 0) is 86.1 Å². The minimum atomic E-state index is -0.497. The first-order valence-electron chi connectivity index (χ1n) is 12.7. The Morgan fingerprint density at radius 2 is 1.89 bits per heavy atom. The number of morpholine rings is 1. The molecule has 0 saturated carbocycles. The molecule has 10 heteroatoms. The predicted octanol–water partition coefficient (Wildman–Crippen LogP) is 6.17. The summed E-state index contributed by atoms with van der Waals surface area (Å²) in [5.41, 5.74) is 9.52. The molecule has 1 atom stereocenters. The minimum Gasteiger partial charge on any atom is -0.482 e. The largest absolute Gasteiger partial charge is 0.482 e. The van der Waals surface area contributed by atoms with Crippen molar-refractivity contribution in [3.8, 4) is 5.75 Å². The molecule has 37 heavy (non-hydrogen) atoms. The first-order chi connectivity index (χ1) is 17.5. The molecule has 0 aliphatic carbocycles. The number of hydrogen-bond acceptors (Lipinski definition) is 7. The summed E-state index contributed by atoms with van der Waals surface area (Å²) >= 11 is 10.2. The highest BCUT2D eigenvalue weighted by Gasteiger charge is 2.29. The van der Waals surface area contributed by atoms with E-state index < -0.39 is 5.60 Å². The van der Waals surface area contributed by atoms with E-state index in [1.165, 1.54) is 0 Å². The normalized spacial score (nSPS) is 18.0. The Kier molecular flexibility index (Phi) is 8.76. The lowest BCUT2D eigenvalue weighted by Crippen LogP contribution is -2.41. The van der Waals surface area contributed by atoms with Crippen LogP contribution in [0.15, 0.2) is 28.9 Å². The van der Waals surface area contributed by atoms with Gasteiger partial charge in [0.2, 0.25) is 0 Å². The molecule has 1 amide bonds. The molecule has 2 fully saturated rings. The second-order valence-corrected chi connectivity index (χ2v) is 11.8. The summed E-state index contributed by atoms with van der Waals surface area (Å²) in [5, 5.41) is 0.416. The number of piperidine rings is 1. The third-order valence-electron chi connectivity index (χ3n) is 6.68. The van der Waals surface area contributed by atoms with Gasteiger partial charge in [0, 0.05) is 38.1 Å². The first kappa shape index (κ1) is 27.8. The Balaban J connectivity index is 1.46. The lowest BCUT2D eigenvalue weighted by atomic mass is 9.89. The van der Waals surface area contributed by atoms with E-state index in [0.29, 0.717) is 48.8 Å². The van der Waals surface area contributed by atoms with Crippen molar-refractivity contribution in [1.82, 2.24) is 9.88 Å². The number of pyridine rings is 1. The maximum absolute atomic E-state index is 12.4. The molecule has 2 saturated heterocycles. The van der Waals surface area contributed by atoms with Gasteiger partial charge >= 0.3 is 6.09 Å². The monoisotopic (exact) mass is 594 g/mol. The van der Waals surface area contributed by atoms with Gasteiger partial charge in [-0.1, -0.05) is 11.6 Å². The molecule has 0 bridgehead atoms. The average molecular weight is 596 g/mol. The van der Waals surface area contributed by atoms with E-state index >= 15 is 0 Å². The molecular weight excluding hydrogens is 560 g/mol. The number of nitrogens with zero attached hydrogens (tertiary/aromatic N) is 3. The molecule has 3 heterocycles. The van der Waals surface area contributed by atoms with Gasteiger partial charge in [0.05, 0.1) is 28.9 Å². The Morgan fingerprint density at radius 1 is 1.22 bits per heavy atom. The Labute approximate surface area is 232 Å². The molecule has 8 nitrogen and oxygen atoms in total. The lowest BCUT2D eigenvalue weighted by molar-refractivity contribution is 0.0205. The summed E-state index contributed by atoms with van der Waals surface area (Å²) in [4.78, 5) is 20.7. The Hall–Kier alpha value is -2.23. The van der Waals surface area contributed by atoms with Gasteiger partial charge in [0.25, 0.3) is 0 Å². The van der Waals surface area contributed by atoms with Gasteiger partial charge in [-0.25, -0.2) is 9.78 Å². The molecule has 0 spiro atoms. The molecule has 1 unspecified atom stereocenters. The van der Waals surface area contributed by atoms with Crippen LogP contribution in [0, 0.1) is 0 Å². The summed E-state index contributed by atoms with van der Waals surface area (Å²) < 4.78 is 18.2. The van der Waals surface area contributed by atoms with Crippen molar-refractivity contribution in [2.75, 3.05) is 50.0 Å². The number of hydrogen-bond donors (Lipinski definition) is 1. The van der Waals surface area contributed by atoms with Crippen LogP contribution >= 0.6 is 27.5 Å². The third-order valence-corrected chi connectivity index (χ3v) is 7.57. The summed E-state index contributed by atoms with van der Waals surface area (Å²) in [5.74, 6) is 0.875. The number of amides is 1. The van der Waals surface area contributed by atoms with Gasteiger partial charge in [-0.15, -0.1) is 0 Å². The van der Waals surface area contributed by atoms with Crippen LogP contribution in [-0.2, 0) is 9.47 Å². The van der Waals surface area contributed by atoms with E-state index in [1.807, 2.05) is 39.8 Å². The molecule has 2 N–H and O–H groups in total. The lowest BCUT2D eigenvalue weighted by Gasteiger charge is -2.34. The fourth-order valence-electron chi connectivity index (χ4n) is 4.85. The topological polar surface area (TPSA) is 90.2 Å². The van der Waals surface area contributed by atoms with Crippen LogP contribution in [0.1, 0.15) is 63.7 Å². The Bertz CT molecular complexity index is 1090. The van der Waals surface area contributed by atoms with Gasteiger partial charge in [-0.3, -0.25) is 0 Å². The van der Waals surface area contributed by atoms with Crippen LogP contribution in [0.25, 0.3) is 0 Å². The molecule has 202 valence electrons. The number of rotatable bonds is 5. The summed E-state index contributed by atoms with van der Waals surface area (Å²) in [6, 6.07) is 6.02. The molecule has 1 aromatic carbocycles. The number of carbonyl (C=O) groups excluding carboxylic acids is 1. The second-order valence-electron chi connectivity index (χ2n) is 10.6. The van der Waals surface area contributed by atoms with E-state index in [4.69, 9.17) is 31.5 Å².